The predicted molar refractivity (Wildman–Crippen MR) is 74.5 cm³/mol. The highest BCUT2D eigenvalue weighted by molar-refractivity contribution is 7.89. The van der Waals surface area contributed by atoms with Crippen LogP contribution in [-0.2, 0) is 30.1 Å². The van der Waals surface area contributed by atoms with Crippen LogP contribution in [0.25, 0.3) is 0 Å². The topological polar surface area (TPSA) is 84.2 Å². The minimum atomic E-state index is -3.51. The number of nitrogens with one attached hydrogen (secondary N) is 1. The summed E-state index contributed by atoms with van der Waals surface area (Å²) in [6.07, 6.45) is 2.25. The van der Waals surface area contributed by atoms with E-state index in [1.807, 2.05) is 13.1 Å². The molecule has 0 aliphatic rings. The maximum absolute atomic E-state index is 12.0. The Morgan fingerprint density at radius 3 is 2.50 bits per heavy atom. The highest BCUT2D eigenvalue weighted by Crippen LogP contribution is 2.10. The van der Waals surface area contributed by atoms with Crippen molar-refractivity contribution in [3.05, 3.63) is 47.8 Å². The van der Waals surface area contributed by atoms with Gasteiger partial charge in [0, 0.05) is 31.9 Å². The molecule has 0 atom stereocenters. The van der Waals surface area contributed by atoms with E-state index in [2.05, 4.69) is 9.82 Å². The standard InChI is InChI=1S/C13H17N3O3S/c1-16-12(6-8-14-16)7-9-15-20(18,19)13-4-2-11(10-17)3-5-13/h2-6,8,15,17H,7,9-10H2,1H3. The van der Waals surface area contributed by atoms with Crippen molar-refractivity contribution in [2.75, 3.05) is 6.54 Å². The summed E-state index contributed by atoms with van der Waals surface area (Å²) in [5, 5.41) is 13.0. The van der Waals surface area contributed by atoms with Crippen molar-refractivity contribution in [3.8, 4) is 0 Å². The molecular formula is C13H17N3O3S. The minimum Gasteiger partial charge on any atom is -0.392 e. The second-order valence-corrected chi connectivity index (χ2v) is 6.16. The van der Waals surface area contributed by atoms with E-state index in [0.717, 1.165) is 5.69 Å². The number of aromatic nitrogens is 2. The molecule has 0 radical (unpaired) electrons. The summed E-state index contributed by atoms with van der Waals surface area (Å²) in [4.78, 5) is 0.194. The maximum atomic E-state index is 12.0. The molecule has 0 spiro atoms. The third-order valence-electron chi connectivity index (χ3n) is 3.01. The van der Waals surface area contributed by atoms with Gasteiger partial charge in [-0.05, 0) is 23.8 Å². The van der Waals surface area contributed by atoms with Crippen molar-refractivity contribution in [1.82, 2.24) is 14.5 Å². The van der Waals surface area contributed by atoms with Crippen LogP contribution in [0.2, 0.25) is 0 Å². The van der Waals surface area contributed by atoms with E-state index in [-0.39, 0.29) is 11.5 Å². The molecule has 0 amide bonds. The Labute approximate surface area is 118 Å². The number of hydrogen-bond donors (Lipinski definition) is 2. The summed E-state index contributed by atoms with van der Waals surface area (Å²) in [5.41, 5.74) is 1.64. The summed E-state index contributed by atoms with van der Waals surface area (Å²) >= 11 is 0. The van der Waals surface area contributed by atoms with Gasteiger partial charge in [-0.25, -0.2) is 13.1 Å². The Balaban J connectivity index is 1.98. The van der Waals surface area contributed by atoms with Gasteiger partial charge in [-0.15, -0.1) is 0 Å². The molecule has 0 fully saturated rings. The molecule has 1 aromatic heterocycles. The fourth-order valence-electron chi connectivity index (χ4n) is 1.82. The summed E-state index contributed by atoms with van der Waals surface area (Å²) in [6.45, 7) is 0.206. The largest absolute Gasteiger partial charge is 0.392 e. The zero-order valence-electron chi connectivity index (χ0n) is 11.2. The molecule has 1 heterocycles. The highest BCUT2D eigenvalue weighted by Gasteiger charge is 2.13. The fourth-order valence-corrected chi connectivity index (χ4v) is 2.85. The van der Waals surface area contributed by atoms with Crippen LogP contribution in [0.5, 0.6) is 0 Å². The molecule has 1 aromatic carbocycles. The Hall–Kier alpha value is -1.70. The Kier molecular flexibility index (Phi) is 4.53. The number of hydrogen-bond acceptors (Lipinski definition) is 4. The molecule has 6 nitrogen and oxygen atoms in total. The molecule has 20 heavy (non-hydrogen) atoms. The molecule has 0 saturated carbocycles. The van der Waals surface area contributed by atoms with E-state index in [9.17, 15) is 8.42 Å². The van der Waals surface area contributed by atoms with Crippen LogP contribution >= 0.6 is 0 Å². The zero-order valence-corrected chi connectivity index (χ0v) is 12.0. The first kappa shape index (κ1) is 14.7. The first-order valence-electron chi connectivity index (χ1n) is 6.19. The average molecular weight is 295 g/mol. The Morgan fingerprint density at radius 1 is 1.25 bits per heavy atom. The van der Waals surface area contributed by atoms with Gasteiger partial charge in [0.15, 0.2) is 0 Å². The lowest BCUT2D eigenvalue weighted by atomic mass is 10.2. The van der Waals surface area contributed by atoms with Crippen LogP contribution in [0.3, 0.4) is 0 Å². The van der Waals surface area contributed by atoms with E-state index >= 15 is 0 Å². The molecule has 0 bridgehead atoms. The first-order chi connectivity index (χ1) is 9.53. The van der Waals surface area contributed by atoms with Gasteiger partial charge in [0.05, 0.1) is 11.5 Å². The van der Waals surface area contributed by atoms with Crippen LogP contribution in [0.4, 0.5) is 0 Å². The van der Waals surface area contributed by atoms with Gasteiger partial charge < -0.3 is 5.11 Å². The monoisotopic (exact) mass is 295 g/mol. The van der Waals surface area contributed by atoms with E-state index in [0.29, 0.717) is 18.5 Å². The van der Waals surface area contributed by atoms with Gasteiger partial charge in [0.1, 0.15) is 0 Å². The number of aliphatic hydroxyl groups excluding tert-OH is 1. The van der Waals surface area contributed by atoms with Crippen molar-refractivity contribution < 1.29 is 13.5 Å². The third-order valence-corrected chi connectivity index (χ3v) is 4.49. The molecule has 108 valence electrons. The van der Waals surface area contributed by atoms with E-state index < -0.39 is 10.0 Å². The number of nitrogens with zero attached hydrogens (tertiary/aromatic N) is 2. The molecule has 0 saturated heterocycles. The van der Waals surface area contributed by atoms with Crippen LogP contribution in [-0.4, -0.2) is 29.8 Å². The normalized spacial score (nSPS) is 11.7. The molecular weight excluding hydrogens is 278 g/mol. The number of aliphatic hydroxyl groups is 1. The molecule has 0 aliphatic heterocycles. The summed E-state index contributed by atoms with van der Waals surface area (Å²) in [7, 11) is -1.70. The first-order valence-corrected chi connectivity index (χ1v) is 7.67. The van der Waals surface area contributed by atoms with Crippen molar-refractivity contribution in [3.63, 3.8) is 0 Å². The second-order valence-electron chi connectivity index (χ2n) is 4.40. The summed E-state index contributed by atoms with van der Waals surface area (Å²) in [5.74, 6) is 0. The predicted octanol–water partition coefficient (Wildman–Crippen LogP) is 0.433. The number of sulfonamides is 1. The van der Waals surface area contributed by atoms with Crippen LogP contribution in [0.15, 0.2) is 41.4 Å². The van der Waals surface area contributed by atoms with Gasteiger partial charge in [-0.2, -0.15) is 5.10 Å². The van der Waals surface area contributed by atoms with Crippen molar-refractivity contribution in [1.29, 1.82) is 0 Å². The number of rotatable bonds is 6. The quantitative estimate of drug-likeness (QED) is 0.809. The lowest BCUT2D eigenvalue weighted by molar-refractivity contribution is 0.282. The van der Waals surface area contributed by atoms with Crippen molar-refractivity contribution in [2.45, 2.75) is 17.9 Å². The van der Waals surface area contributed by atoms with Crippen LogP contribution < -0.4 is 4.72 Å². The highest BCUT2D eigenvalue weighted by atomic mass is 32.2. The lowest BCUT2D eigenvalue weighted by Gasteiger charge is -2.07. The average Bonchev–Trinajstić information content (AvgIpc) is 2.84. The molecule has 0 aliphatic carbocycles. The third kappa shape index (κ3) is 3.44. The number of benzene rings is 1. The SMILES string of the molecule is Cn1nccc1CCNS(=O)(=O)c1ccc(CO)cc1. The second kappa shape index (κ2) is 6.17. The van der Waals surface area contributed by atoms with Crippen molar-refractivity contribution >= 4 is 10.0 Å². The van der Waals surface area contributed by atoms with Crippen LogP contribution in [0.1, 0.15) is 11.3 Å². The van der Waals surface area contributed by atoms with Crippen LogP contribution in [0, 0.1) is 0 Å². The minimum absolute atomic E-state index is 0.103. The van der Waals surface area contributed by atoms with Gasteiger partial charge in [-0.1, -0.05) is 12.1 Å². The smallest absolute Gasteiger partial charge is 0.240 e. The van der Waals surface area contributed by atoms with Gasteiger partial charge in [0.2, 0.25) is 10.0 Å². The van der Waals surface area contributed by atoms with Gasteiger partial charge >= 0.3 is 0 Å². The zero-order chi connectivity index (χ0) is 14.6. The molecule has 0 unspecified atom stereocenters. The Morgan fingerprint density at radius 2 is 1.95 bits per heavy atom. The van der Waals surface area contributed by atoms with Gasteiger partial charge in [0.25, 0.3) is 0 Å². The maximum Gasteiger partial charge on any atom is 0.240 e. The molecule has 2 rings (SSSR count). The lowest BCUT2D eigenvalue weighted by Crippen LogP contribution is -2.26. The molecule has 2 aromatic rings. The Bertz CT molecular complexity index is 662. The van der Waals surface area contributed by atoms with Gasteiger partial charge in [-0.3, -0.25) is 4.68 Å². The van der Waals surface area contributed by atoms with E-state index in [1.54, 1.807) is 23.0 Å². The summed E-state index contributed by atoms with van der Waals surface area (Å²) in [6, 6.07) is 8.01. The fraction of sp³-hybridized carbons (Fsp3) is 0.308. The van der Waals surface area contributed by atoms with E-state index in [4.69, 9.17) is 5.11 Å². The summed E-state index contributed by atoms with van der Waals surface area (Å²) < 4.78 is 28.4. The molecule has 2 N–H and O–H groups in total. The van der Waals surface area contributed by atoms with E-state index in [1.165, 1.54) is 12.1 Å². The number of aryl methyl sites for hydroxylation is 1. The van der Waals surface area contributed by atoms with Crippen molar-refractivity contribution in [2.24, 2.45) is 7.05 Å². The molecule has 7 heteroatoms.